The van der Waals surface area contributed by atoms with Crippen molar-refractivity contribution in [1.29, 1.82) is 0 Å². The van der Waals surface area contributed by atoms with Crippen LogP contribution in [0.4, 0.5) is 11.5 Å². The summed E-state index contributed by atoms with van der Waals surface area (Å²) in [7, 11) is 1.55. The maximum Gasteiger partial charge on any atom is 0.275 e. The molecule has 2 rings (SSSR count). The Morgan fingerprint density at radius 2 is 1.95 bits per heavy atom. The average molecular weight is 273 g/mol. The van der Waals surface area contributed by atoms with E-state index in [2.05, 4.69) is 4.98 Å². The molecule has 0 unspecified atom stereocenters. The Hall–Kier alpha value is -2.63. The number of nitrogens with zero attached hydrogens (tertiary/aromatic N) is 2. The molecule has 2 N–H and O–H groups in total. The molecule has 6 heteroatoms. The SMILES string of the molecule is COc1cc(C)cc(C)c1-c1cc([N+](=O)[O-])cc(N)n1. The fourth-order valence-electron chi connectivity index (χ4n) is 2.19. The lowest BCUT2D eigenvalue weighted by molar-refractivity contribution is -0.384. The summed E-state index contributed by atoms with van der Waals surface area (Å²) in [5.74, 6) is 0.728. The number of ether oxygens (including phenoxy) is 1. The van der Waals surface area contributed by atoms with Crippen molar-refractivity contribution in [2.45, 2.75) is 13.8 Å². The van der Waals surface area contributed by atoms with Gasteiger partial charge in [-0.1, -0.05) is 6.07 Å². The fraction of sp³-hybridized carbons (Fsp3) is 0.214. The zero-order valence-electron chi connectivity index (χ0n) is 11.5. The number of aromatic nitrogens is 1. The monoisotopic (exact) mass is 273 g/mol. The number of anilines is 1. The maximum absolute atomic E-state index is 10.9. The molecule has 0 atom stereocenters. The molecule has 1 aromatic carbocycles. The van der Waals surface area contributed by atoms with Crippen molar-refractivity contribution in [3.05, 3.63) is 45.5 Å². The van der Waals surface area contributed by atoms with Gasteiger partial charge in [-0.05, 0) is 31.0 Å². The van der Waals surface area contributed by atoms with Crippen LogP contribution in [0.3, 0.4) is 0 Å². The lowest BCUT2D eigenvalue weighted by Gasteiger charge is -2.12. The van der Waals surface area contributed by atoms with Gasteiger partial charge in [0.25, 0.3) is 5.69 Å². The van der Waals surface area contributed by atoms with Crippen LogP contribution >= 0.6 is 0 Å². The van der Waals surface area contributed by atoms with Crippen LogP contribution in [-0.2, 0) is 0 Å². The van der Waals surface area contributed by atoms with Crippen molar-refractivity contribution in [3.8, 4) is 17.0 Å². The van der Waals surface area contributed by atoms with E-state index in [1.54, 1.807) is 7.11 Å². The van der Waals surface area contributed by atoms with Gasteiger partial charge in [0.15, 0.2) is 0 Å². The fourth-order valence-corrected chi connectivity index (χ4v) is 2.19. The summed E-state index contributed by atoms with van der Waals surface area (Å²) in [5, 5.41) is 10.9. The molecule has 2 aromatic rings. The van der Waals surface area contributed by atoms with E-state index in [0.29, 0.717) is 17.0 Å². The van der Waals surface area contributed by atoms with Crippen molar-refractivity contribution in [2.24, 2.45) is 0 Å². The average Bonchev–Trinajstić information content (AvgIpc) is 2.36. The number of methoxy groups -OCH3 is 1. The summed E-state index contributed by atoms with van der Waals surface area (Å²) < 4.78 is 5.35. The number of nitrogens with two attached hydrogens (primary N) is 1. The topological polar surface area (TPSA) is 91.3 Å². The van der Waals surface area contributed by atoms with E-state index < -0.39 is 4.92 Å². The normalized spacial score (nSPS) is 10.3. The third-order valence-corrected chi connectivity index (χ3v) is 2.96. The number of pyridine rings is 1. The second-order valence-corrected chi connectivity index (χ2v) is 4.55. The molecule has 6 nitrogen and oxygen atoms in total. The number of nitro groups is 1. The van der Waals surface area contributed by atoms with Crippen LogP contribution in [0.15, 0.2) is 24.3 Å². The molecule has 0 aliphatic carbocycles. The second kappa shape index (κ2) is 5.16. The van der Waals surface area contributed by atoms with E-state index >= 15 is 0 Å². The quantitative estimate of drug-likeness (QED) is 0.685. The first-order chi connectivity index (χ1) is 9.42. The zero-order valence-corrected chi connectivity index (χ0v) is 11.5. The second-order valence-electron chi connectivity index (χ2n) is 4.55. The summed E-state index contributed by atoms with van der Waals surface area (Å²) in [5.41, 5.74) is 8.68. The van der Waals surface area contributed by atoms with Crippen molar-refractivity contribution >= 4 is 11.5 Å². The van der Waals surface area contributed by atoms with Crippen LogP contribution in [0.25, 0.3) is 11.3 Å². The van der Waals surface area contributed by atoms with Crippen molar-refractivity contribution in [2.75, 3.05) is 12.8 Å². The van der Waals surface area contributed by atoms with Gasteiger partial charge in [-0.25, -0.2) is 4.98 Å². The van der Waals surface area contributed by atoms with E-state index in [4.69, 9.17) is 10.5 Å². The molecule has 0 saturated carbocycles. The standard InChI is InChI=1S/C14H15N3O3/c1-8-4-9(2)14(12(5-8)20-3)11-6-10(17(18)19)7-13(15)16-11/h4-7H,1-3H3,(H2,15,16). The van der Waals surface area contributed by atoms with Gasteiger partial charge in [-0.15, -0.1) is 0 Å². The molecule has 0 amide bonds. The smallest absolute Gasteiger partial charge is 0.275 e. The minimum atomic E-state index is -0.489. The molecule has 104 valence electrons. The van der Waals surface area contributed by atoms with Gasteiger partial charge in [0.1, 0.15) is 11.6 Å². The summed E-state index contributed by atoms with van der Waals surface area (Å²) in [6.45, 7) is 3.86. The van der Waals surface area contributed by atoms with Gasteiger partial charge in [0.2, 0.25) is 0 Å². The molecule has 0 fully saturated rings. The number of hydrogen-bond acceptors (Lipinski definition) is 5. The van der Waals surface area contributed by atoms with E-state index in [-0.39, 0.29) is 11.5 Å². The number of rotatable bonds is 3. The lowest BCUT2D eigenvalue weighted by Crippen LogP contribution is -1.99. The maximum atomic E-state index is 10.9. The van der Waals surface area contributed by atoms with Gasteiger partial charge < -0.3 is 10.5 Å². The van der Waals surface area contributed by atoms with Gasteiger partial charge in [0, 0.05) is 11.6 Å². The van der Waals surface area contributed by atoms with Crippen LogP contribution < -0.4 is 10.5 Å². The Morgan fingerprint density at radius 1 is 1.25 bits per heavy atom. The minimum absolute atomic E-state index is 0.0884. The molecule has 0 bridgehead atoms. The largest absolute Gasteiger partial charge is 0.496 e. The Kier molecular flexibility index (Phi) is 3.56. The number of benzene rings is 1. The molecular weight excluding hydrogens is 258 g/mol. The molecular formula is C14H15N3O3. The molecule has 0 aliphatic rings. The molecule has 0 aliphatic heterocycles. The first kappa shape index (κ1) is 13.8. The predicted molar refractivity (Wildman–Crippen MR) is 76.8 cm³/mol. The molecule has 1 aromatic heterocycles. The summed E-state index contributed by atoms with van der Waals surface area (Å²) in [4.78, 5) is 14.6. The van der Waals surface area contributed by atoms with Crippen molar-refractivity contribution < 1.29 is 9.66 Å². The number of hydrogen-bond donors (Lipinski definition) is 1. The van der Waals surface area contributed by atoms with E-state index in [1.165, 1.54) is 12.1 Å². The molecule has 0 saturated heterocycles. The third-order valence-electron chi connectivity index (χ3n) is 2.96. The molecule has 20 heavy (non-hydrogen) atoms. The van der Waals surface area contributed by atoms with Crippen LogP contribution in [-0.4, -0.2) is 17.0 Å². The lowest BCUT2D eigenvalue weighted by atomic mass is 10.0. The van der Waals surface area contributed by atoms with E-state index in [0.717, 1.165) is 11.1 Å². The van der Waals surface area contributed by atoms with Crippen LogP contribution in [0.1, 0.15) is 11.1 Å². The Labute approximate surface area is 116 Å². The van der Waals surface area contributed by atoms with E-state index in [9.17, 15) is 10.1 Å². The summed E-state index contributed by atoms with van der Waals surface area (Å²) >= 11 is 0. The predicted octanol–water partition coefficient (Wildman–Crippen LogP) is 2.86. The van der Waals surface area contributed by atoms with Gasteiger partial charge in [-0.3, -0.25) is 10.1 Å². The number of aryl methyl sites for hydroxylation is 2. The van der Waals surface area contributed by atoms with Gasteiger partial charge in [-0.2, -0.15) is 0 Å². The first-order valence-electron chi connectivity index (χ1n) is 6.00. The highest BCUT2D eigenvalue weighted by Crippen LogP contribution is 2.35. The van der Waals surface area contributed by atoms with Gasteiger partial charge in [0.05, 0.1) is 23.8 Å². The Bertz CT molecular complexity index is 684. The van der Waals surface area contributed by atoms with Crippen LogP contribution in [0, 0.1) is 24.0 Å². The summed E-state index contributed by atoms with van der Waals surface area (Å²) in [6, 6.07) is 6.46. The highest BCUT2D eigenvalue weighted by molar-refractivity contribution is 5.74. The van der Waals surface area contributed by atoms with Crippen molar-refractivity contribution in [3.63, 3.8) is 0 Å². The Morgan fingerprint density at radius 3 is 2.55 bits per heavy atom. The Balaban J connectivity index is 2.71. The molecule has 0 spiro atoms. The van der Waals surface area contributed by atoms with Crippen LogP contribution in [0.5, 0.6) is 5.75 Å². The first-order valence-corrected chi connectivity index (χ1v) is 6.00. The van der Waals surface area contributed by atoms with Crippen molar-refractivity contribution in [1.82, 2.24) is 4.98 Å². The highest BCUT2D eigenvalue weighted by atomic mass is 16.6. The van der Waals surface area contributed by atoms with E-state index in [1.807, 2.05) is 26.0 Å². The number of nitrogen functional groups attached to an aromatic ring is 1. The van der Waals surface area contributed by atoms with Crippen LogP contribution in [0.2, 0.25) is 0 Å². The third kappa shape index (κ3) is 2.54. The zero-order chi connectivity index (χ0) is 14.9. The minimum Gasteiger partial charge on any atom is -0.496 e. The molecule has 0 radical (unpaired) electrons. The molecule has 1 heterocycles. The summed E-state index contributed by atoms with van der Waals surface area (Å²) in [6.07, 6.45) is 0. The highest BCUT2D eigenvalue weighted by Gasteiger charge is 2.16. The van der Waals surface area contributed by atoms with Gasteiger partial charge >= 0.3 is 0 Å².